The van der Waals surface area contributed by atoms with Gasteiger partial charge in [0.2, 0.25) is 5.91 Å². The van der Waals surface area contributed by atoms with Crippen LogP contribution in [0.3, 0.4) is 0 Å². The summed E-state index contributed by atoms with van der Waals surface area (Å²) >= 11 is 5.84. The van der Waals surface area contributed by atoms with Crippen molar-refractivity contribution in [3.05, 3.63) is 28.8 Å². The van der Waals surface area contributed by atoms with Crippen molar-refractivity contribution in [2.24, 2.45) is 5.92 Å². The zero-order valence-electron chi connectivity index (χ0n) is 11.7. The molecular weight excluding hydrogens is 280 g/mol. The van der Waals surface area contributed by atoms with E-state index in [2.05, 4.69) is 10.6 Å². The van der Waals surface area contributed by atoms with E-state index in [0.29, 0.717) is 10.7 Å². The number of aryl methyl sites for hydroxylation is 1. The topological polar surface area (TPSA) is 78.4 Å². The van der Waals surface area contributed by atoms with Crippen LogP contribution in [0.2, 0.25) is 5.02 Å². The molecule has 0 bridgehead atoms. The molecule has 1 unspecified atom stereocenters. The maximum absolute atomic E-state index is 11.8. The minimum atomic E-state index is -0.963. The molecule has 3 N–H and O–H groups in total. The molecular formula is C14H19ClN2O3. The Morgan fingerprint density at radius 2 is 2.00 bits per heavy atom. The van der Waals surface area contributed by atoms with Crippen LogP contribution in [0.4, 0.5) is 5.69 Å². The standard InChI is InChI=1S/C14H19ClN2O3/c1-8(2)13(14(19)20)16-7-12(18)17-11-5-4-10(15)6-9(11)3/h4-6,8,13,16H,7H2,1-3H3,(H,17,18)(H,19,20). The monoisotopic (exact) mass is 298 g/mol. The van der Waals surface area contributed by atoms with E-state index in [0.717, 1.165) is 5.56 Å². The van der Waals surface area contributed by atoms with Gasteiger partial charge in [-0.05, 0) is 36.6 Å². The van der Waals surface area contributed by atoms with Gasteiger partial charge in [-0.1, -0.05) is 25.4 Å². The fourth-order valence-electron chi connectivity index (χ4n) is 1.77. The summed E-state index contributed by atoms with van der Waals surface area (Å²) in [6, 6.07) is 4.41. The van der Waals surface area contributed by atoms with Crippen LogP contribution in [0.15, 0.2) is 18.2 Å². The average molecular weight is 299 g/mol. The van der Waals surface area contributed by atoms with E-state index in [1.54, 1.807) is 32.0 Å². The van der Waals surface area contributed by atoms with E-state index in [1.165, 1.54) is 0 Å². The number of carbonyl (C=O) groups excluding carboxylic acids is 1. The van der Waals surface area contributed by atoms with Gasteiger partial charge in [-0.15, -0.1) is 0 Å². The predicted octanol–water partition coefficient (Wildman–Crippen LogP) is 2.29. The number of benzene rings is 1. The number of hydrogen-bond acceptors (Lipinski definition) is 3. The molecule has 0 aromatic heterocycles. The second kappa shape index (κ2) is 7.26. The van der Waals surface area contributed by atoms with Crippen molar-refractivity contribution in [2.45, 2.75) is 26.8 Å². The molecule has 0 heterocycles. The van der Waals surface area contributed by atoms with Crippen molar-refractivity contribution >= 4 is 29.2 Å². The van der Waals surface area contributed by atoms with Gasteiger partial charge >= 0.3 is 5.97 Å². The Morgan fingerprint density at radius 1 is 1.35 bits per heavy atom. The van der Waals surface area contributed by atoms with Crippen molar-refractivity contribution in [1.82, 2.24) is 5.32 Å². The van der Waals surface area contributed by atoms with Crippen LogP contribution in [-0.2, 0) is 9.59 Å². The maximum Gasteiger partial charge on any atom is 0.320 e. The van der Waals surface area contributed by atoms with Crippen LogP contribution in [-0.4, -0.2) is 29.6 Å². The zero-order valence-corrected chi connectivity index (χ0v) is 12.5. The summed E-state index contributed by atoms with van der Waals surface area (Å²) in [7, 11) is 0. The molecule has 0 fully saturated rings. The molecule has 1 atom stereocenters. The molecule has 0 aliphatic carbocycles. The molecule has 1 amide bonds. The SMILES string of the molecule is Cc1cc(Cl)ccc1NC(=O)CNC(C(=O)O)C(C)C. The number of carboxylic acids is 1. The Balaban J connectivity index is 2.57. The van der Waals surface area contributed by atoms with Crippen molar-refractivity contribution in [2.75, 3.05) is 11.9 Å². The maximum atomic E-state index is 11.8. The van der Waals surface area contributed by atoms with Gasteiger partial charge in [-0.3, -0.25) is 14.9 Å². The Labute approximate surface area is 123 Å². The number of carboxylic acid groups (broad SMARTS) is 1. The molecule has 20 heavy (non-hydrogen) atoms. The molecule has 0 saturated carbocycles. The van der Waals surface area contributed by atoms with Gasteiger partial charge < -0.3 is 10.4 Å². The smallest absolute Gasteiger partial charge is 0.320 e. The Morgan fingerprint density at radius 3 is 2.50 bits per heavy atom. The van der Waals surface area contributed by atoms with E-state index < -0.39 is 12.0 Å². The molecule has 110 valence electrons. The van der Waals surface area contributed by atoms with Gasteiger partial charge in [0.25, 0.3) is 0 Å². The first kappa shape index (κ1) is 16.5. The predicted molar refractivity (Wildman–Crippen MR) is 79.1 cm³/mol. The zero-order chi connectivity index (χ0) is 15.3. The summed E-state index contributed by atoms with van der Waals surface area (Å²) < 4.78 is 0. The highest BCUT2D eigenvalue weighted by molar-refractivity contribution is 6.30. The van der Waals surface area contributed by atoms with Crippen molar-refractivity contribution in [3.8, 4) is 0 Å². The van der Waals surface area contributed by atoms with Gasteiger partial charge in [-0.25, -0.2) is 0 Å². The molecule has 0 saturated heterocycles. The fraction of sp³-hybridized carbons (Fsp3) is 0.429. The van der Waals surface area contributed by atoms with Crippen molar-refractivity contribution in [1.29, 1.82) is 0 Å². The number of amides is 1. The van der Waals surface area contributed by atoms with Crippen LogP contribution in [0.5, 0.6) is 0 Å². The molecule has 0 radical (unpaired) electrons. The molecule has 1 aromatic rings. The quantitative estimate of drug-likeness (QED) is 0.753. The second-order valence-electron chi connectivity index (χ2n) is 4.95. The minimum absolute atomic E-state index is 0.0583. The second-order valence-corrected chi connectivity index (χ2v) is 5.38. The summed E-state index contributed by atoms with van der Waals surface area (Å²) in [5.41, 5.74) is 1.52. The minimum Gasteiger partial charge on any atom is -0.480 e. The summed E-state index contributed by atoms with van der Waals surface area (Å²) in [5.74, 6) is -1.35. The van der Waals surface area contributed by atoms with Gasteiger partial charge in [0, 0.05) is 10.7 Å². The van der Waals surface area contributed by atoms with Gasteiger partial charge in [-0.2, -0.15) is 0 Å². The lowest BCUT2D eigenvalue weighted by Crippen LogP contribution is -2.44. The van der Waals surface area contributed by atoms with Crippen LogP contribution in [0.25, 0.3) is 0 Å². The Kier molecular flexibility index (Phi) is 5.98. The summed E-state index contributed by atoms with van der Waals surface area (Å²) in [6.07, 6.45) is 0. The third kappa shape index (κ3) is 4.83. The molecule has 1 rings (SSSR count). The molecule has 0 aliphatic heterocycles. The number of nitrogens with one attached hydrogen (secondary N) is 2. The fourth-order valence-corrected chi connectivity index (χ4v) is 2.00. The first-order chi connectivity index (χ1) is 9.31. The third-order valence-electron chi connectivity index (χ3n) is 2.88. The highest BCUT2D eigenvalue weighted by atomic mass is 35.5. The van der Waals surface area contributed by atoms with E-state index in [1.807, 2.05) is 6.92 Å². The number of halogens is 1. The number of aliphatic carboxylic acids is 1. The number of hydrogen-bond donors (Lipinski definition) is 3. The molecule has 0 spiro atoms. The molecule has 1 aromatic carbocycles. The van der Waals surface area contributed by atoms with Crippen LogP contribution in [0, 0.1) is 12.8 Å². The molecule has 6 heteroatoms. The average Bonchev–Trinajstić information content (AvgIpc) is 2.32. The highest BCUT2D eigenvalue weighted by Crippen LogP contribution is 2.19. The van der Waals surface area contributed by atoms with E-state index in [-0.39, 0.29) is 18.4 Å². The van der Waals surface area contributed by atoms with Crippen LogP contribution in [0.1, 0.15) is 19.4 Å². The normalized spacial score (nSPS) is 12.2. The van der Waals surface area contributed by atoms with Crippen molar-refractivity contribution in [3.63, 3.8) is 0 Å². The van der Waals surface area contributed by atoms with E-state index in [4.69, 9.17) is 16.7 Å². The number of rotatable bonds is 6. The van der Waals surface area contributed by atoms with Gasteiger partial charge in [0.05, 0.1) is 6.54 Å². The summed E-state index contributed by atoms with van der Waals surface area (Å²) in [5, 5.41) is 15.1. The first-order valence-corrected chi connectivity index (χ1v) is 6.71. The highest BCUT2D eigenvalue weighted by Gasteiger charge is 2.21. The van der Waals surface area contributed by atoms with E-state index >= 15 is 0 Å². The van der Waals surface area contributed by atoms with Crippen LogP contribution >= 0.6 is 11.6 Å². The van der Waals surface area contributed by atoms with Crippen LogP contribution < -0.4 is 10.6 Å². The lowest BCUT2D eigenvalue weighted by Gasteiger charge is -2.17. The molecule has 0 aliphatic rings. The Hall–Kier alpha value is -1.59. The van der Waals surface area contributed by atoms with Gasteiger partial charge in [0.15, 0.2) is 0 Å². The van der Waals surface area contributed by atoms with Gasteiger partial charge in [0.1, 0.15) is 6.04 Å². The third-order valence-corrected chi connectivity index (χ3v) is 3.11. The number of anilines is 1. The largest absolute Gasteiger partial charge is 0.480 e. The summed E-state index contributed by atoms with van der Waals surface area (Å²) in [4.78, 5) is 22.8. The molecule has 5 nitrogen and oxygen atoms in total. The first-order valence-electron chi connectivity index (χ1n) is 6.33. The van der Waals surface area contributed by atoms with E-state index in [9.17, 15) is 9.59 Å². The number of carbonyl (C=O) groups is 2. The summed E-state index contributed by atoms with van der Waals surface area (Å²) in [6.45, 7) is 5.35. The Bertz CT molecular complexity index is 503. The van der Waals surface area contributed by atoms with Crippen molar-refractivity contribution < 1.29 is 14.7 Å². The lowest BCUT2D eigenvalue weighted by molar-refractivity contribution is -0.140. The lowest BCUT2D eigenvalue weighted by atomic mass is 10.1.